The molecule has 0 unspecified atom stereocenters. The van der Waals surface area contributed by atoms with Gasteiger partial charge in [-0.2, -0.15) is 0 Å². The highest BCUT2D eigenvalue weighted by molar-refractivity contribution is 5.85. The Labute approximate surface area is 147 Å². The number of fused-ring (bicyclic) bond motifs is 1. The van der Waals surface area contributed by atoms with Crippen LogP contribution < -0.4 is 10.8 Å². The summed E-state index contributed by atoms with van der Waals surface area (Å²) in [6, 6.07) is 16.9. The molecule has 4 N–H and O–H groups in total. The number of H-pyrrole nitrogens is 1. The van der Waals surface area contributed by atoms with Crippen molar-refractivity contribution in [3.8, 4) is 11.1 Å². The second kappa shape index (κ2) is 8.35. The van der Waals surface area contributed by atoms with Crippen LogP contribution in [0.5, 0.6) is 0 Å². The molecule has 0 atom stereocenters. The van der Waals surface area contributed by atoms with Crippen molar-refractivity contribution in [3.05, 3.63) is 54.7 Å². The lowest BCUT2D eigenvalue weighted by Crippen LogP contribution is -2.17. The van der Waals surface area contributed by atoms with Gasteiger partial charge >= 0.3 is 0 Å². The molecule has 0 saturated heterocycles. The van der Waals surface area contributed by atoms with Gasteiger partial charge in [-0.15, -0.1) is 0 Å². The summed E-state index contributed by atoms with van der Waals surface area (Å²) in [7, 11) is 0. The molecule has 5 nitrogen and oxygen atoms in total. The van der Waals surface area contributed by atoms with Gasteiger partial charge in [-0.1, -0.05) is 30.7 Å². The molecule has 25 heavy (non-hydrogen) atoms. The summed E-state index contributed by atoms with van der Waals surface area (Å²) in [4.78, 5) is 14.1. The zero-order valence-corrected chi connectivity index (χ0v) is 14.1. The summed E-state index contributed by atoms with van der Waals surface area (Å²) >= 11 is 0. The van der Waals surface area contributed by atoms with Crippen molar-refractivity contribution in [3.63, 3.8) is 0 Å². The number of hydrogen-bond donors (Lipinski definition) is 4. The van der Waals surface area contributed by atoms with E-state index in [1.807, 2.05) is 6.20 Å². The quantitative estimate of drug-likeness (QED) is 0.281. The van der Waals surface area contributed by atoms with Crippen molar-refractivity contribution in [2.45, 2.75) is 25.7 Å². The molecular weight excluding hydrogens is 314 g/mol. The highest BCUT2D eigenvalue weighted by atomic mass is 16.5. The van der Waals surface area contributed by atoms with Crippen LogP contribution in [0.25, 0.3) is 22.0 Å². The van der Waals surface area contributed by atoms with Gasteiger partial charge in [0.15, 0.2) is 0 Å². The topological polar surface area (TPSA) is 77.2 Å². The van der Waals surface area contributed by atoms with Crippen LogP contribution in [0.15, 0.2) is 54.7 Å². The third-order valence-corrected chi connectivity index (χ3v) is 4.31. The Morgan fingerprint density at radius 3 is 2.56 bits per heavy atom. The van der Waals surface area contributed by atoms with E-state index in [9.17, 15) is 4.79 Å². The first-order chi connectivity index (χ1) is 12.3. The van der Waals surface area contributed by atoms with Crippen LogP contribution in [0.3, 0.4) is 0 Å². The molecule has 0 aliphatic heterocycles. The Morgan fingerprint density at radius 2 is 1.76 bits per heavy atom. The molecule has 1 heterocycles. The number of amides is 1. The van der Waals surface area contributed by atoms with Crippen molar-refractivity contribution >= 4 is 22.5 Å². The highest BCUT2D eigenvalue weighted by Crippen LogP contribution is 2.25. The number of aromatic nitrogens is 1. The van der Waals surface area contributed by atoms with Crippen molar-refractivity contribution in [1.29, 1.82) is 0 Å². The first kappa shape index (κ1) is 17.0. The van der Waals surface area contributed by atoms with E-state index >= 15 is 0 Å². The number of carbonyl (C=O) groups excluding carboxylic acids is 1. The normalized spacial score (nSPS) is 10.8. The highest BCUT2D eigenvalue weighted by Gasteiger charge is 2.01. The van der Waals surface area contributed by atoms with E-state index in [4.69, 9.17) is 5.21 Å². The van der Waals surface area contributed by atoms with E-state index in [-0.39, 0.29) is 5.91 Å². The Bertz CT molecular complexity index is 824. The molecule has 3 rings (SSSR count). The fourth-order valence-electron chi connectivity index (χ4n) is 2.88. The number of aromatic amines is 1. The zero-order valence-electron chi connectivity index (χ0n) is 14.1. The van der Waals surface area contributed by atoms with Gasteiger partial charge in [0.05, 0.1) is 0 Å². The van der Waals surface area contributed by atoms with E-state index in [1.165, 1.54) is 16.5 Å². The second-order valence-electron chi connectivity index (χ2n) is 6.13. The summed E-state index contributed by atoms with van der Waals surface area (Å²) in [6.45, 7) is 0.870. The summed E-state index contributed by atoms with van der Waals surface area (Å²) < 4.78 is 0. The van der Waals surface area contributed by atoms with Crippen molar-refractivity contribution in [1.82, 2.24) is 10.5 Å². The lowest BCUT2D eigenvalue weighted by atomic mass is 10.0. The predicted octanol–water partition coefficient (Wildman–Crippen LogP) is 4.31. The molecule has 0 bridgehead atoms. The fraction of sp³-hybridized carbons (Fsp3) is 0.250. The Hall–Kier alpha value is -2.79. The zero-order chi connectivity index (χ0) is 17.5. The molecule has 0 aliphatic rings. The second-order valence-corrected chi connectivity index (χ2v) is 6.13. The number of benzene rings is 2. The SMILES string of the molecule is O=C(CCCCCNc1ccc(-c2ccc3cc[nH]c3c2)cc1)NO. The van der Waals surface area contributed by atoms with Gasteiger partial charge in [0.1, 0.15) is 0 Å². The minimum Gasteiger partial charge on any atom is -0.385 e. The van der Waals surface area contributed by atoms with E-state index in [2.05, 4.69) is 58.8 Å². The minimum absolute atomic E-state index is 0.318. The van der Waals surface area contributed by atoms with Crippen LogP contribution in [0.1, 0.15) is 25.7 Å². The van der Waals surface area contributed by atoms with Crippen LogP contribution in [0.2, 0.25) is 0 Å². The number of rotatable bonds is 8. The number of nitrogens with one attached hydrogen (secondary N) is 3. The van der Waals surface area contributed by atoms with Gasteiger partial charge < -0.3 is 10.3 Å². The molecule has 5 heteroatoms. The summed E-state index contributed by atoms with van der Waals surface area (Å²) in [6.07, 6.45) is 5.06. The fourth-order valence-corrected chi connectivity index (χ4v) is 2.88. The van der Waals surface area contributed by atoms with Gasteiger partial charge in [0, 0.05) is 30.4 Å². The maximum absolute atomic E-state index is 10.9. The van der Waals surface area contributed by atoms with E-state index in [1.54, 1.807) is 5.48 Å². The third-order valence-electron chi connectivity index (χ3n) is 4.31. The van der Waals surface area contributed by atoms with Crippen LogP contribution in [-0.4, -0.2) is 22.6 Å². The standard InChI is InChI=1S/C20H23N3O2/c24-20(23-25)4-2-1-3-12-21-18-9-7-15(8-10-18)17-6-5-16-11-13-22-19(16)14-17/h5-11,13-14,21-22,25H,1-4,12H2,(H,23,24). The monoisotopic (exact) mass is 337 g/mol. The maximum Gasteiger partial charge on any atom is 0.243 e. The van der Waals surface area contributed by atoms with Crippen LogP contribution in [0.4, 0.5) is 5.69 Å². The van der Waals surface area contributed by atoms with Crippen LogP contribution in [0, 0.1) is 0 Å². The molecule has 1 aromatic heterocycles. The van der Waals surface area contributed by atoms with E-state index in [0.29, 0.717) is 6.42 Å². The summed E-state index contributed by atoms with van der Waals surface area (Å²) in [5, 5.41) is 13.0. The number of hydrogen-bond acceptors (Lipinski definition) is 3. The predicted molar refractivity (Wildman–Crippen MR) is 101 cm³/mol. The van der Waals surface area contributed by atoms with Gasteiger partial charge in [0.25, 0.3) is 0 Å². The first-order valence-electron chi connectivity index (χ1n) is 8.60. The number of unbranched alkanes of at least 4 members (excludes halogenated alkanes) is 2. The first-order valence-corrected chi connectivity index (χ1v) is 8.60. The lowest BCUT2D eigenvalue weighted by Gasteiger charge is -2.08. The Morgan fingerprint density at radius 1 is 0.960 bits per heavy atom. The van der Waals surface area contributed by atoms with E-state index in [0.717, 1.165) is 37.0 Å². The Kier molecular flexibility index (Phi) is 5.69. The number of hydroxylamine groups is 1. The van der Waals surface area contributed by atoms with Crippen molar-refractivity contribution < 1.29 is 10.0 Å². The van der Waals surface area contributed by atoms with E-state index < -0.39 is 0 Å². The third kappa shape index (κ3) is 4.61. The van der Waals surface area contributed by atoms with Gasteiger partial charge in [0.2, 0.25) is 5.91 Å². The van der Waals surface area contributed by atoms with Crippen LogP contribution in [-0.2, 0) is 4.79 Å². The molecule has 0 saturated carbocycles. The van der Waals surface area contributed by atoms with Crippen molar-refractivity contribution in [2.75, 3.05) is 11.9 Å². The molecule has 2 aromatic carbocycles. The molecule has 3 aromatic rings. The summed E-state index contributed by atoms with van der Waals surface area (Å²) in [5.41, 5.74) is 6.28. The molecule has 0 spiro atoms. The number of carbonyl (C=O) groups is 1. The molecule has 0 aliphatic carbocycles. The smallest absolute Gasteiger partial charge is 0.243 e. The van der Waals surface area contributed by atoms with Gasteiger partial charge in [-0.3, -0.25) is 10.0 Å². The van der Waals surface area contributed by atoms with Crippen LogP contribution >= 0.6 is 0 Å². The molecule has 130 valence electrons. The average molecular weight is 337 g/mol. The molecule has 0 radical (unpaired) electrons. The van der Waals surface area contributed by atoms with Crippen molar-refractivity contribution in [2.24, 2.45) is 0 Å². The lowest BCUT2D eigenvalue weighted by molar-refractivity contribution is -0.129. The summed E-state index contributed by atoms with van der Waals surface area (Å²) in [5.74, 6) is -0.318. The maximum atomic E-state index is 10.9. The molecular formula is C20H23N3O2. The Balaban J connectivity index is 1.48. The van der Waals surface area contributed by atoms with Gasteiger partial charge in [-0.25, -0.2) is 5.48 Å². The largest absolute Gasteiger partial charge is 0.385 e. The van der Waals surface area contributed by atoms with Gasteiger partial charge in [-0.05, 0) is 53.6 Å². The average Bonchev–Trinajstić information content (AvgIpc) is 3.12. The molecule has 0 fully saturated rings. The molecule has 1 amide bonds. The minimum atomic E-state index is -0.318. The number of anilines is 1.